The van der Waals surface area contributed by atoms with Gasteiger partial charge in [-0.1, -0.05) is 40.0 Å². The van der Waals surface area contributed by atoms with Crippen LogP contribution >= 0.6 is 0 Å². The zero-order valence-corrected chi connectivity index (χ0v) is 11.3. The van der Waals surface area contributed by atoms with Gasteiger partial charge in [-0.25, -0.2) is 0 Å². The van der Waals surface area contributed by atoms with Crippen LogP contribution in [0.2, 0.25) is 0 Å². The van der Waals surface area contributed by atoms with E-state index in [-0.39, 0.29) is 6.10 Å². The zero-order chi connectivity index (χ0) is 12.0. The molecule has 1 aliphatic carbocycles. The van der Waals surface area contributed by atoms with Gasteiger partial charge >= 0.3 is 0 Å². The molecule has 16 heavy (non-hydrogen) atoms. The maximum atomic E-state index is 9.98. The van der Waals surface area contributed by atoms with Crippen molar-refractivity contribution in [1.82, 2.24) is 4.90 Å². The van der Waals surface area contributed by atoms with Crippen molar-refractivity contribution < 1.29 is 5.11 Å². The first-order valence-electron chi connectivity index (χ1n) is 7.07. The second kappa shape index (κ2) is 7.29. The van der Waals surface area contributed by atoms with Crippen molar-refractivity contribution in [2.24, 2.45) is 11.8 Å². The number of hydrogen-bond donors (Lipinski definition) is 1. The fourth-order valence-corrected chi connectivity index (χ4v) is 2.64. The second-order valence-electron chi connectivity index (χ2n) is 5.48. The van der Waals surface area contributed by atoms with Crippen molar-refractivity contribution in [2.45, 2.75) is 59.0 Å². The van der Waals surface area contributed by atoms with Gasteiger partial charge in [-0.3, -0.25) is 0 Å². The molecule has 3 atom stereocenters. The van der Waals surface area contributed by atoms with Crippen LogP contribution in [-0.4, -0.2) is 35.7 Å². The smallest absolute Gasteiger partial charge is 0.0580 e. The third kappa shape index (κ3) is 4.42. The summed E-state index contributed by atoms with van der Waals surface area (Å²) in [5, 5.41) is 9.98. The van der Waals surface area contributed by atoms with E-state index in [1.807, 2.05) is 0 Å². The van der Waals surface area contributed by atoms with E-state index in [0.29, 0.717) is 5.92 Å². The monoisotopic (exact) mass is 227 g/mol. The van der Waals surface area contributed by atoms with E-state index in [1.54, 1.807) is 0 Å². The molecule has 0 bridgehead atoms. The fraction of sp³-hybridized carbons (Fsp3) is 1.00. The highest BCUT2D eigenvalue weighted by Crippen LogP contribution is 2.25. The van der Waals surface area contributed by atoms with Crippen molar-refractivity contribution in [2.75, 3.05) is 19.6 Å². The summed E-state index contributed by atoms with van der Waals surface area (Å²) in [5.74, 6) is 1.30. The summed E-state index contributed by atoms with van der Waals surface area (Å²) in [5.41, 5.74) is 0. The first-order chi connectivity index (χ1) is 7.67. The van der Waals surface area contributed by atoms with Crippen LogP contribution in [0.3, 0.4) is 0 Å². The molecule has 1 rings (SSSR count). The van der Waals surface area contributed by atoms with E-state index in [1.165, 1.54) is 32.2 Å². The molecule has 1 aliphatic rings. The minimum atomic E-state index is -0.0419. The van der Waals surface area contributed by atoms with Gasteiger partial charge in [-0.15, -0.1) is 0 Å². The van der Waals surface area contributed by atoms with E-state index in [2.05, 4.69) is 25.7 Å². The van der Waals surface area contributed by atoms with Gasteiger partial charge in [0, 0.05) is 13.1 Å². The van der Waals surface area contributed by atoms with Crippen molar-refractivity contribution in [3.63, 3.8) is 0 Å². The first kappa shape index (κ1) is 14.0. The van der Waals surface area contributed by atoms with Crippen LogP contribution in [-0.2, 0) is 0 Å². The summed E-state index contributed by atoms with van der Waals surface area (Å²) in [6, 6.07) is 0. The third-order valence-corrected chi connectivity index (χ3v) is 4.08. The molecule has 1 saturated carbocycles. The SMILES string of the molecule is CCC(C)CN(CC)CC1CCCCC1O. The van der Waals surface area contributed by atoms with Gasteiger partial charge in [0.1, 0.15) is 0 Å². The number of rotatable bonds is 6. The average molecular weight is 227 g/mol. The Balaban J connectivity index is 2.36. The molecular weight excluding hydrogens is 198 g/mol. The molecule has 0 aromatic heterocycles. The van der Waals surface area contributed by atoms with Crippen molar-refractivity contribution >= 4 is 0 Å². The highest BCUT2D eigenvalue weighted by atomic mass is 16.3. The van der Waals surface area contributed by atoms with Gasteiger partial charge in [0.05, 0.1) is 6.10 Å². The Morgan fingerprint density at radius 3 is 2.50 bits per heavy atom. The highest BCUT2D eigenvalue weighted by Gasteiger charge is 2.24. The van der Waals surface area contributed by atoms with Gasteiger partial charge in [0.15, 0.2) is 0 Å². The predicted molar refractivity (Wildman–Crippen MR) is 69.5 cm³/mol. The normalized spacial score (nSPS) is 28.3. The van der Waals surface area contributed by atoms with Gasteiger partial charge < -0.3 is 10.0 Å². The molecule has 0 amide bonds. The average Bonchev–Trinajstić information content (AvgIpc) is 2.30. The number of hydrogen-bond acceptors (Lipinski definition) is 2. The summed E-state index contributed by atoms with van der Waals surface area (Å²) < 4.78 is 0. The number of aliphatic hydroxyl groups is 1. The molecule has 2 nitrogen and oxygen atoms in total. The highest BCUT2D eigenvalue weighted by molar-refractivity contribution is 4.77. The molecular formula is C14H29NO. The third-order valence-electron chi connectivity index (χ3n) is 4.08. The second-order valence-corrected chi connectivity index (χ2v) is 5.48. The molecule has 0 aromatic rings. The molecule has 3 unspecified atom stereocenters. The van der Waals surface area contributed by atoms with Crippen molar-refractivity contribution in [3.8, 4) is 0 Å². The Bertz CT molecular complexity index is 184. The first-order valence-corrected chi connectivity index (χ1v) is 7.07. The van der Waals surface area contributed by atoms with E-state index < -0.39 is 0 Å². The summed E-state index contributed by atoms with van der Waals surface area (Å²) in [4.78, 5) is 2.52. The standard InChI is InChI=1S/C14H29NO/c1-4-12(3)10-15(5-2)11-13-8-6-7-9-14(13)16/h12-14,16H,4-11H2,1-3H3. The summed E-state index contributed by atoms with van der Waals surface area (Å²) in [6.07, 6.45) is 5.98. The van der Waals surface area contributed by atoms with Crippen LogP contribution < -0.4 is 0 Å². The van der Waals surface area contributed by atoms with Crippen molar-refractivity contribution in [1.29, 1.82) is 0 Å². The Labute approximate surface area is 101 Å². The molecule has 96 valence electrons. The lowest BCUT2D eigenvalue weighted by Gasteiger charge is -2.33. The van der Waals surface area contributed by atoms with Crippen LogP contribution in [0.4, 0.5) is 0 Å². The van der Waals surface area contributed by atoms with E-state index in [9.17, 15) is 5.11 Å². The molecule has 0 aromatic carbocycles. The Morgan fingerprint density at radius 2 is 1.94 bits per heavy atom. The minimum absolute atomic E-state index is 0.0419. The number of aliphatic hydroxyl groups excluding tert-OH is 1. The largest absolute Gasteiger partial charge is 0.393 e. The maximum Gasteiger partial charge on any atom is 0.0580 e. The minimum Gasteiger partial charge on any atom is -0.393 e. The topological polar surface area (TPSA) is 23.5 Å². The summed E-state index contributed by atoms with van der Waals surface area (Å²) >= 11 is 0. The molecule has 0 radical (unpaired) electrons. The predicted octanol–water partition coefficient (Wildman–Crippen LogP) is 2.91. The Morgan fingerprint density at radius 1 is 1.25 bits per heavy atom. The van der Waals surface area contributed by atoms with Crippen LogP contribution in [0.5, 0.6) is 0 Å². The lowest BCUT2D eigenvalue weighted by molar-refractivity contribution is 0.0446. The molecule has 0 saturated heterocycles. The van der Waals surface area contributed by atoms with Crippen LogP contribution in [0, 0.1) is 11.8 Å². The molecule has 1 fully saturated rings. The van der Waals surface area contributed by atoms with E-state index in [4.69, 9.17) is 0 Å². The van der Waals surface area contributed by atoms with Crippen LogP contribution in [0.1, 0.15) is 52.9 Å². The Hall–Kier alpha value is -0.0800. The van der Waals surface area contributed by atoms with Gasteiger partial charge in [-0.2, -0.15) is 0 Å². The zero-order valence-electron chi connectivity index (χ0n) is 11.3. The molecule has 0 aliphatic heterocycles. The molecule has 0 heterocycles. The lowest BCUT2D eigenvalue weighted by Crippen LogP contribution is -2.38. The lowest BCUT2D eigenvalue weighted by atomic mass is 9.86. The van der Waals surface area contributed by atoms with Gasteiger partial charge in [-0.05, 0) is 31.2 Å². The van der Waals surface area contributed by atoms with Crippen molar-refractivity contribution in [3.05, 3.63) is 0 Å². The van der Waals surface area contributed by atoms with Gasteiger partial charge in [0.25, 0.3) is 0 Å². The van der Waals surface area contributed by atoms with Crippen LogP contribution in [0.15, 0.2) is 0 Å². The quantitative estimate of drug-likeness (QED) is 0.754. The Kier molecular flexibility index (Phi) is 6.37. The molecule has 2 heteroatoms. The van der Waals surface area contributed by atoms with Gasteiger partial charge in [0.2, 0.25) is 0 Å². The summed E-state index contributed by atoms with van der Waals surface area (Å²) in [7, 11) is 0. The van der Waals surface area contributed by atoms with Crippen LogP contribution in [0.25, 0.3) is 0 Å². The maximum absolute atomic E-state index is 9.98. The van der Waals surface area contributed by atoms with E-state index in [0.717, 1.165) is 25.4 Å². The molecule has 1 N–H and O–H groups in total. The number of nitrogens with zero attached hydrogens (tertiary/aromatic N) is 1. The van der Waals surface area contributed by atoms with E-state index >= 15 is 0 Å². The summed E-state index contributed by atoms with van der Waals surface area (Å²) in [6.45, 7) is 10.2. The fourth-order valence-electron chi connectivity index (χ4n) is 2.64. The molecule has 0 spiro atoms.